The minimum Gasteiger partial charge on any atom is -0.393 e. The van der Waals surface area contributed by atoms with Gasteiger partial charge in [-0.1, -0.05) is 23.2 Å². The van der Waals surface area contributed by atoms with Gasteiger partial charge in [0.15, 0.2) is 11.6 Å². The lowest BCUT2D eigenvalue weighted by atomic mass is 10.3. The summed E-state index contributed by atoms with van der Waals surface area (Å²) in [6, 6.07) is 5.14. The standard InChI is InChI=1S/C12H13Cl2N5/c1-19(2)12-10(15)11(16-6-17-12)18-9-4-7(13)3-8(14)5-9/h3-6H,15H2,1-2H3,(H,16,17,18). The summed E-state index contributed by atoms with van der Waals surface area (Å²) in [6.07, 6.45) is 1.44. The van der Waals surface area contributed by atoms with Gasteiger partial charge >= 0.3 is 0 Å². The van der Waals surface area contributed by atoms with Crippen molar-refractivity contribution in [3.63, 3.8) is 0 Å². The summed E-state index contributed by atoms with van der Waals surface area (Å²) in [7, 11) is 3.72. The summed E-state index contributed by atoms with van der Waals surface area (Å²) in [5.41, 5.74) is 7.19. The van der Waals surface area contributed by atoms with Gasteiger partial charge in [0.2, 0.25) is 0 Å². The third-order valence-corrected chi connectivity index (χ3v) is 2.85. The van der Waals surface area contributed by atoms with E-state index in [1.807, 2.05) is 19.0 Å². The third-order valence-electron chi connectivity index (χ3n) is 2.41. The van der Waals surface area contributed by atoms with Gasteiger partial charge in [-0.05, 0) is 18.2 Å². The maximum atomic E-state index is 6.01. The number of anilines is 4. The smallest absolute Gasteiger partial charge is 0.159 e. The van der Waals surface area contributed by atoms with Crippen LogP contribution in [0.2, 0.25) is 10.0 Å². The first-order valence-electron chi connectivity index (χ1n) is 5.48. The Bertz CT molecular complexity index is 580. The third kappa shape index (κ3) is 3.19. The summed E-state index contributed by atoms with van der Waals surface area (Å²) in [6.45, 7) is 0. The monoisotopic (exact) mass is 297 g/mol. The molecule has 0 bridgehead atoms. The SMILES string of the molecule is CN(C)c1ncnc(Nc2cc(Cl)cc(Cl)c2)c1N. The molecule has 0 unspecified atom stereocenters. The van der Waals surface area contributed by atoms with Crippen LogP contribution in [0.5, 0.6) is 0 Å². The molecule has 7 heteroatoms. The number of nitrogens with zero attached hydrogens (tertiary/aromatic N) is 3. The highest BCUT2D eigenvalue weighted by atomic mass is 35.5. The first kappa shape index (κ1) is 13.7. The summed E-state index contributed by atoms with van der Waals surface area (Å²) < 4.78 is 0. The molecular weight excluding hydrogens is 285 g/mol. The van der Waals surface area contributed by atoms with Crippen LogP contribution in [0.4, 0.5) is 23.0 Å². The Labute approximate surface area is 121 Å². The molecule has 19 heavy (non-hydrogen) atoms. The molecule has 100 valence electrons. The van der Waals surface area contributed by atoms with Crippen molar-refractivity contribution >= 4 is 46.2 Å². The molecule has 0 saturated heterocycles. The molecule has 2 rings (SSSR count). The highest BCUT2D eigenvalue weighted by molar-refractivity contribution is 6.35. The van der Waals surface area contributed by atoms with Crippen LogP contribution in [0, 0.1) is 0 Å². The predicted octanol–water partition coefficient (Wildman–Crippen LogP) is 3.18. The minimum absolute atomic E-state index is 0.462. The maximum absolute atomic E-state index is 6.01. The van der Waals surface area contributed by atoms with E-state index >= 15 is 0 Å². The van der Waals surface area contributed by atoms with Crippen molar-refractivity contribution in [3.05, 3.63) is 34.6 Å². The van der Waals surface area contributed by atoms with Crippen molar-refractivity contribution < 1.29 is 0 Å². The zero-order chi connectivity index (χ0) is 14.0. The fourth-order valence-electron chi connectivity index (χ4n) is 1.60. The van der Waals surface area contributed by atoms with E-state index in [1.54, 1.807) is 18.2 Å². The number of rotatable bonds is 3. The van der Waals surface area contributed by atoms with E-state index in [1.165, 1.54) is 6.33 Å². The Balaban J connectivity index is 2.35. The molecule has 2 aromatic rings. The molecular formula is C12H13Cl2N5. The van der Waals surface area contributed by atoms with Crippen LogP contribution in [0.25, 0.3) is 0 Å². The number of halogens is 2. The second kappa shape index (κ2) is 5.50. The van der Waals surface area contributed by atoms with Crippen LogP contribution >= 0.6 is 23.2 Å². The Morgan fingerprint density at radius 3 is 2.32 bits per heavy atom. The molecule has 0 radical (unpaired) electrons. The molecule has 3 N–H and O–H groups in total. The van der Waals surface area contributed by atoms with Gasteiger partial charge in [0.05, 0.1) is 0 Å². The van der Waals surface area contributed by atoms with Crippen LogP contribution in [-0.4, -0.2) is 24.1 Å². The van der Waals surface area contributed by atoms with E-state index < -0.39 is 0 Å². The lowest BCUT2D eigenvalue weighted by Crippen LogP contribution is -2.14. The van der Waals surface area contributed by atoms with Crippen LogP contribution in [0.15, 0.2) is 24.5 Å². The van der Waals surface area contributed by atoms with Crippen molar-refractivity contribution in [2.24, 2.45) is 0 Å². The second-order valence-electron chi connectivity index (χ2n) is 4.14. The van der Waals surface area contributed by atoms with Gasteiger partial charge in [0.25, 0.3) is 0 Å². The zero-order valence-corrected chi connectivity index (χ0v) is 12.0. The van der Waals surface area contributed by atoms with Crippen molar-refractivity contribution in [3.8, 4) is 0 Å². The summed E-state index contributed by atoms with van der Waals surface area (Å²) in [5, 5.41) is 4.15. The Kier molecular flexibility index (Phi) is 3.97. The number of hydrogen-bond acceptors (Lipinski definition) is 5. The van der Waals surface area contributed by atoms with Gasteiger partial charge in [0.1, 0.15) is 12.0 Å². The fraction of sp³-hybridized carbons (Fsp3) is 0.167. The molecule has 5 nitrogen and oxygen atoms in total. The normalized spacial score (nSPS) is 10.3. The first-order valence-corrected chi connectivity index (χ1v) is 6.24. The number of aromatic nitrogens is 2. The molecule has 0 fully saturated rings. The van der Waals surface area contributed by atoms with E-state index in [-0.39, 0.29) is 0 Å². The molecule has 0 aliphatic carbocycles. The first-order chi connectivity index (χ1) is 8.97. The Morgan fingerprint density at radius 1 is 1.11 bits per heavy atom. The summed E-state index contributed by atoms with van der Waals surface area (Å²) in [4.78, 5) is 10.0. The average molecular weight is 298 g/mol. The number of benzene rings is 1. The second-order valence-corrected chi connectivity index (χ2v) is 5.01. The van der Waals surface area contributed by atoms with Crippen molar-refractivity contribution in [2.45, 2.75) is 0 Å². The number of nitrogen functional groups attached to an aromatic ring is 1. The summed E-state index contributed by atoms with van der Waals surface area (Å²) >= 11 is 11.9. The van der Waals surface area contributed by atoms with Crippen LogP contribution in [0.1, 0.15) is 0 Å². The molecule has 0 aliphatic rings. The Morgan fingerprint density at radius 2 is 1.74 bits per heavy atom. The number of nitrogens with one attached hydrogen (secondary N) is 1. The molecule has 0 aliphatic heterocycles. The van der Waals surface area contributed by atoms with Crippen molar-refractivity contribution in [2.75, 3.05) is 30.0 Å². The topological polar surface area (TPSA) is 67.1 Å². The lowest BCUT2D eigenvalue weighted by Gasteiger charge is -2.16. The van der Waals surface area contributed by atoms with Gasteiger partial charge < -0.3 is 16.0 Å². The van der Waals surface area contributed by atoms with E-state index in [2.05, 4.69) is 15.3 Å². The zero-order valence-electron chi connectivity index (χ0n) is 10.5. The fourth-order valence-corrected chi connectivity index (χ4v) is 2.13. The van der Waals surface area contributed by atoms with Gasteiger partial charge in [-0.2, -0.15) is 0 Å². The number of nitrogens with two attached hydrogens (primary N) is 1. The average Bonchev–Trinajstić information content (AvgIpc) is 2.30. The quantitative estimate of drug-likeness (QED) is 0.911. The van der Waals surface area contributed by atoms with Gasteiger partial charge in [0, 0.05) is 29.8 Å². The van der Waals surface area contributed by atoms with Gasteiger partial charge in [-0.25, -0.2) is 9.97 Å². The molecule has 0 atom stereocenters. The number of hydrogen-bond donors (Lipinski definition) is 2. The largest absolute Gasteiger partial charge is 0.393 e. The molecule has 1 heterocycles. The Hall–Kier alpha value is -1.72. The van der Waals surface area contributed by atoms with Crippen LogP contribution in [0.3, 0.4) is 0 Å². The molecule has 0 amide bonds. The minimum atomic E-state index is 0.462. The van der Waals surface area contributed by atoms with Gasteiger partial charge in [-0.3, -0.25) is 0 Å². The van der Waals surface area contributed by atoms with Crippen molar-refractivity contribution in [1.82, 2.24) is 9.97 Å². The van der Waals surface area contributed by atoms with E-state index in [0.29, 0.717) is 33.1 Å². The van der Waals surface area contributed by atoms with E-state index in [9.17, 15) is 0 Å². The van der Waals surface area contributed by atoms with Gasteiger partial charge in [-0.15, -0.1) is 0 Å². The van der Waals surface area contributed by atoms with Crippen molar-refractivity contribution in [1.29, 1.82) is 0 Å². The highest BCUT2D eigenvalue weighted by Crippen LogP contribution is 2.29. The summed E-state index contributed by atoms with van der Waals surface area (Å²) in [5.74, 6) is 1.16. The van der Waals surface area contributed by atoms with E-state index in [0.717, 1.165) is 0 Å². The molecule has 0 saturated carbocycles. The molecule has 1 aromatic heterocycles. The van der Waals surface area contributed by atoms with Crippen LogP contribution < -0.4 is 16.0 Å². The maximum Gasteiger partial charge on any atom is 0.159 e. The predicted molar refractivity (Wildman–Crippen MR) is 80.5 cm³/mol. The molecule has 0 spiro atoms. The van der Waals surface area contributed by atoms with Crippen LogP contribution in [-0.2, 0) is 0 Å². The highest BCUT2D eigenvalue weighted by Gasteiger charge is 2.10. The lowest BCUT2D eigenvalue weighted by molar-refractivity contribution is 1.04. The molecule has 1 aromatic carbocycles. The van der Waals surface area contributed by atoms with E-state index in [4.69, 9.17) is 28.9 Å².